The van der Waals surface area contributed by atoms with E-state index in [0.717, 1.165) is 0 Å². The zero-order valence-corrected chi connectivity index (χ0v) is 6.97. The maximum atomic E-state index is 9.95. The van der Waals surface area contributed by atoms with Crippen molar-refractivity contribution in [2.24, 2.45) is 5.41 Å². The summed E-state index contributed by atoms with van der Waals surface area (Å²) in [5.41, 5.74) is -1.13. The molecule has 0 saturated heterocycles. The van der Waals surface area contributed by atoms with Crippen LogP contribution < -0.4 is 0 Å². The van der Waals surface area contributed by atoms with Crippen LogP contribution in [-0.4, -0.2) is 16.8 Å². The van der Waals surface area contributed by atoms with Gasteiger partial charge in [-0.1, -0.05) is 32.4 Å². The Morgan fingerprint density at radius 2 is 2.00 bits per heavy atom. The van der Waals surface area contributed by atoms with Gasteiger partial charge in [0.2, 0.25) is 0 Å². The molecule has 0 aliphatic heterocycles. The van der Waals surface area contributed by atoms with Crippen LogP contribution in [0.3, 0.4) is 0 Å². The average molecular weight is 167 g/mol. The molecule has 60 valence electrons. The maximum Gasteiger partial charge on any atom is 0.507 e. The zero-order chi connectivity index (χ0) is 8.36. The number of halogens is 1. The number of ether oxygens (including phenoxy) is 1. The molecule has 1 unspecified atom stereocenters. The molecule has 0 bridgehead atoms. The van der Waals surface area contributed by atoms with Gasteiger partial charge in [0.25, 0.3) is 0 Å². The second-order valence-corrected chi connectivity index (χ2v) is 3.46. The summed E-state index contributed by atoms with van der Waals surface area (Å²) < 4.78 is 4.30. The summed E-state index contributed by atoms with van der Waals surface area (Å²) in [5, 5.41) is 8.14. The minimum Gasteiger partial charge on any atom is -0.450 e. The van der Waals surface area contributed by atoms with E-state index < -0.39 is 11.7 Å². The second kappa shape index (κ2) is 3.10. The molecule has 0 spiro atoms. The van der Waals surface area contributed by atoms with Gasteiger partial charge in [0.05, 0.1) is 0 Å². The first-order chi connectivity index (χ1) is 4.34. The van der Waals surface area contributed by atoms with E-state index in [0.29, 0.717) is 0 Å². The van der Waals surface area contributed by atoms with Gasteiger partial charge in [-0.2, -0.15) is 0 Å². The van der Waals surface area contributed by atoms with Crippen LogP contribution in [0.2, 0.25) is 0 Å². The van der Waals surface area contributed by atoms with Crippen molar-refractivity contribution in [2.45, 2.75) is 26.3 Å². The molecule has 1 atom stereocenters. The van der Waals surface area contributed by atoms with Crippen LogP contribution >= 0.6 is 11.6 Å². The summed E-state index contributed by atoms with van der Waals surface area (Å²) >= 11 is 5.55. The van der Waals surface area contributed by atoms with Gasteiger partial charge in [-0.15, -0.1) is 0 Å². The van der Waals surface area contributed by atoms with E-state index in [1.54, 1.807) is 20.8 Å². The SMILES string of the molecule is CC(C)(C)C(Cl)OC(=O)O. The van der Waals surface area contributed by atoms with Crippen molar-refractivity contribution >= 4 is 17.8 Å². The lowest BCUT2D eigenvalue weighted by Crippen LogP contribution is -2.25. The third-order valence-electron chi connectivity index (χ3n) is 0.885. The molecule has 0 aliphatic carbocycles. The van der Waals surface area contributed by atoms with Crippen LogP contribution in [0.25, 0.3) is 0 Å². The van der Waals surface area contributed by atoms with Gasteiger partial charge in [-0.3, -0.25) is 0 Å². The average Bonchev–Trinajstić information content (AvgIpc) is 1.60. The molecule has 3 nitrogen and oxygen atoms in total. The van der Waals surface area contributed by atoms with Gasteiger partial charge in [0.1, 0.15) is 0 Å². The summed E-state index contributed by atoms with van der Waals surface area (Å²) in [4.78, 5) is 9.95. The summed E-state index contributed by atoms with van der Waals surface area (Å²) in [6, 6.07) is 0. The van der Waals surface area contributed by atoms with E-state index in [2.05, 4.69) is 4.74 Å². The molecular weight excluding hydrogens is 156 g/mol. The fourth-order valence-electron chi connectivity index (χ4n) is 0.265. The Morgan fingerprint density at radius 1 is 1.60 bits per heavy atom. The highest BCUT2D eigenvalue weighted by Gasteiger charge is 2.25. The number of rotatable bonds is 1. The zero-order valence-electron chi connectivity index (χ0n) is 6.22. The van der Waals surface area contributed by atoms with Gasteiger partial charge in [0.15, 0.2) is 5.56 Å². The monoisotopic (exact) mass is 166 g/mol. The van der Waals surface area contributed by atoms with Crippen molar-refractivity contribution < 1.29 is 14.6 Å². The minimum absolute atomic E-state index is 0.347. The quantitative estimate of drug-likeness (QED) is 0.480. The number of alkyl halides is 1. The third-order valence-corrected chi connectivity index (χ3v) is 1.63. The molecule has 4 heteroatoms. The first-order valence-corrected chi connectivity index (χ1v) is 3.31. The Kier molecular flexibility index (Phi) is 2.96. The van der Waals surface area contributed by atoms with Gasteiger partial charge >= 0.3 is 6.16 Å². The van der Waals surface area contributed by atoms with Crippen LogP contribution in [0.5, 0.6) is 0 Å². The Balaban J connectivity index is 3.85. The molecule has 0 fully saturated rings. The van der Waals surface area contributed by atoms with Gasteiger partial charge in [-0.25, -0.2) is 4.79 Å². The normalized spacial score (nSPS) is 14.4. The van der Waals surface area contributed by atoms with Crippen LogP contribution in [0, 0.1) is 5.41 Å². The lowest BCUT2D eigenvalue weighted by Gasteiger charge is -2.22. The molecule has 0 saturated carbocycles. The Bertz CT molecular complexity index is 127. The van der Waals surface area contributed by atoms with Crippen LogP contribution in [0.4, 0.5) is 4.79 Å². The largest absolute Gasteiger partial charge is 0.507 e. The highest BCUT2D eigenvalue weighted by atomic mass is 35.5. The molecular formula is C6H11ClO3. The van der Waals surface area contributed by atoms with Crippen molar-refractivity contribution in [3.63, 3.8) is 0 Å². The van der Waals surface area contributed by atoms with Gasteiger partial charge in [0, 0.05) is 5.41 Å². The molecule has 0 rings (SSSR count). The molecule has 0 heterocycles. The Morgan fingerprint density at radius 3 is 2.10 bits per heavy atom. The fraction of sp³-hybridized carbons (Fsp3) is 0.833. The summed E-state index contributed by atoms with van der Waals surface area (Å²) in [6.07, 6.45) is -1.34. The smallest absolute Gasteiger partial charge is 0.450 e. The highest BCUT2D eigenvalue weighted by Crippen LogP contribution is 2.25. The van der Waals surface area contributed by atoms with Crippen molar-refractivity contribution in [2.75, 3.05) is 0 Å². The Labute approximate surface area is 64.9 Å². The molecule has 0 aromatic carbocycles. The van der Waals surface area contributed by atoms with Crippen molar-refractivity contribution in [1.29, 1.82) is 0 Å². The van der Waals surface area contributed by atoms with E-state index in [4.69, 9.17) is 16.7 Å². The molecule has 0 aromatic heterocycles. The van der Waals surface area contributed by atoms with Crippen LogP contribution in [0.1, 0.15) is 20.8 Å². The molecule has 10 heavy (non-hydrogen) atoms. The topological polar surface area (TPSA) is 46.5 Å². The third kappa shape index (κ3) is 3.56. The van der Waals surface area contributed by atoms with E-state index in [1.807, 2.05) is 0 Å². The van der Waals surface area contributed by atoms with Crippen molar-refractivity contribution in [1.82, 2.24) is 0 Å². The molecule has 1 N–H and O–H groups in total. The number of hydrogen-bond acceptors (Lipinski definition) is 2. The molecule has 0 amide bonds. The number of carbonyl (C=O) groups is 1. The van der Waals surface area contributed by atoms with Crippen LogP contribution in [0.15, 0.2) is 0 Å². The predicted octanol–water partition coefficient (Wildman–Crippen LogP) is 2.29. The first kappa shape index (κ1) is 9.56. The number of carboxylic acid groups (broad SMARTS) is 1. The Hall–Kier alpha value is -0.440. The molecule has 0 aromatic rings. The van der Waals surface area contributed by atoms with E-state index >= 15 is 0 Å². The van der Waals surface area contributed by atoms with Gasteiger partial charge in [-0.05, 0) is 0 Å². The lowest BCUT2D eigenvalue weighted by atomic mass is 9.98. The fourth-order valence-corrected chi connectivity index (χ4v) is 0.342. The summed E-state index contributed by atoms with van der Waals surface area (Å²) in [7, 11) is 0. The van der Waals surface area contributed by atoms with E-state index in [1.165, 1.54) is 0 Å². The van der Waals surface area contributed by atoms with Crippen LogP contribution in [-0.2, 0) is 4.74 Å². The number of hydrogen-bond donors (Lipinski definition) is 1. The lowest BCUT2D eigenvalue weighted by molar-refractivity contribution is 0.0421. The second-order valence-electron chi connectivity index (χ2n) is 3.07. The first-order valence-electron chi connectivity index (χ1n) is 2.87. The standard InChI is InChI=1S/C6H11ClO3/c1-6(2,3)4(7)10-5(8)9/h4H,1-3H3,(H,8,9). The predicted molar refractivity (Wildman–Crippen MR) is 38.2 cm³/mol. The molecule has 0 radical (unpaired) electrons. The van der Waals surface area contributed by atoms with Crippen molar-refractivity contribution in [3.8, 4) is 0 Å². The van der Waals surface area contributed by atoms with Crippen molar-refractivity contribution in [3.05, 3.63) is 0 Å². The molecule has 0 aliphatic rings. The summed E-state index contributed by atoms with van der Waals surface area (Å²) in [6.45, 7) is 5.40. The van der Waals surface area contributed by atoms with E-state index in [-0.39, 0.29) is 5.41 Å². The summed E-state index contributed by atoms with van der Waals surface area (Å²) in [5.74, 6) is 0. The van der Waals surface area contributed by atoms with E-state index in [9.17, 15) is 4.79 Å². The minimum atomic E-state index is -1.34. The highest BCUT2D eigenvalue weighted by molar-refractivity contribution is 6.20. The maximum absolute atomic E-state index is 9.95. The van der Waals surface area contributed by atoms with Gasteiger partial charge < -0.3 is 9.84 Å².